The summed E-state index contributed by atoms with van der Waals surface area (Å²) < 4.78 is 17.7. The lowest BCUT2D eigenvalue weighted by molar-refractivity contribution is 0.263. The van der Waals surface area contributed by atoms with Gasteiger partial charge in [-0.15, -0.1) is 0 Å². The molecule has 0 radical (unpaired) electrons. The van der Waals surface area contributed by atoms with Crippen LogP contribution in [0.4, 0.5) is 0 Å². The van der Waals surface area contributed by atoms with Gasteiger partial charge in [0, 0.05) is 29.1 Å². The standard InChI is InChI=1S/C22H20N4O3/c1-2-7-27-16-4-6-20-18(9-16)22(12-28-21(23)26-22)17-8-14(3-5-19(17)29-20)15-10-24-13-25-11-15/h3-6,8-11,13H,2,7,12H2,1H3,(H2,23,26)/t22-/m0/s1. The van der Waals surface area contributed by atoms with E-state index in [9.17, 15) is 0 Å². The summed E-state index contributed by atoms with van der Waals surface area (Å²) in [6.07, 6.45) is 5.99. The van der Waals surface area contributed by atoms with E-state index in [1.807, 2.05) is 36.4 Å². The lowest BCUT2D eigenvalue weighted by Gasteiger charge is -2.34. The Hall–Kier alpha value is -3.61. The largest absolute Gasteiger partial charge is 0.494 e. The first kappa shape index (κ1) is 17.5. The average molecular weight is 388 g/mol. The number of nitrogens with two attached hydrogens (primary N) is 1. The fraction of sp³-hybridized carbons (Fsp3) is 0.227. The Balaban J connectivity index is 1.68. The van der Waals surface area contributed by atoms with Crippen molar-refractivity contribution in [1.82, 2.24) is 9.97 Å². The van der Waals surface area contributed by atoms with Crippen molar-refractivity contribution in [1.29, 1.82) is 0 Å². The van der Waals surface area contributed by atoms with Crippen LogP contribution in [0.25, 0.3) is 11.1 Å². The number of nitrogens with zero attached hydrogens (tertiary/aromatic N) is 3. The Morgan fingerprint density at radius 1 is 1.03 bits per heavy atom. The molecule has 7 heteroatoms. The van der Waals surface area contributed by atoms with E-state index < -0.39 is 5.54 Å². The molecule has 0 amide bonds. The number of fused-ring (bicyclic) bond motifs is 4. The van der Waals surface area contributed by atoms with Crippen molar-refractivity contribution >= 4 is 6.02 Å². The van der Waals surface area contributed by atoms with E-state index in [1.165, 1.54) is 6.33 Å². The molecule has 2 aliphatic rings. The molecule has 1 spiro atoms. The molecule has 0 fully saturated rings. The molecule has 2 aromatic carbocycles. The average Bonchev–Trinajstić information content (AvgIpc) is 3.15. The predicted molar refractivity (Wildman–Crippen MR) is 108 cm³/mol. The highest BCUT2D eigenvalue weighted by Crippen LogP contribution is 2.52. The maximum Gasteiger partial charge on any atom is 0.283 e. The number of aliphatic imine (C=N–C) groups is 1. The number of ether oxygens (including phenoxy) is 3. The molecule has 1 aromatic heterocycles. The molecule has 146 valence electrons. The van der Waals surface area contributed by atoms with E-state index in [4.69, 9.17) is 24.9 Å². The Morgan fingerprint density at radius 2 is 1.79 bits per heavy atom. The second-order valence-corrected chi connectivity index (χ2v) is 7.05. The van der Waals surface area contributed by atoms with Crippen LogP contribution in [-0.2, 0) is 10.3 Å². The van der Waals surface area contributed by atoms with E-state index in [0.717, 1.165) is 45.9 Å². The van der Waals surface area contributed by atoms with E-state index in [1.54, 1.807) is 12.4 Å². The van der Waals surface area contributed by atoms with E-state index in [-0.39, 0.29) is 6.02 Å². The Labute approximate surface area is 168 Å². The van der Waals surface area contributed by atoms with Crippen molar-refractivity contribution < 1.29 is 14.2 Å². The van der Waals surface area contributed by atoms with Crippen LogP contribution in [0.2, 0.25) is 0 Å². The highest BCUT2D eigenvalue weighted by atomic mass is 16.5. The van der Waals surface area contributed by atoms with Gasteiger partial charge in [-0.1, -0.05) is 13.0 Å². The molecular formula is C22H20N4O3. The minimum atomic E-state index is -0.787. The monoisotopic (exact) mass is 388 g/mol. The van der Waals surface area contributed by atoms with Crippen LogP contribution < -0.4 is 15.2 Å². The van der Waals surface area contributed by atoms with E-state index >= 15 is 0 Å². The van der Waals surface area contributed by atoms with Gasteiger partial charge in [-0.3, -0.25) is 0 Å². The molecule has 2 N–H and O–H groups in total. The molecular weight excluding hydrogens is 368 g/mol. The zero-order chi connectivity index (χ0) is 19.8. The zero-order valence-corrected chi connectivity index (χ0v) is 16.0. The fourth-order valence-electron chi connectivity index (χ4n) is 3.77. The van der Waals surface area contributed by atoms with Gasteiger partial charge in [0.1, 0.15) is 30.2 Å². The number of aromatic nitrogens is 2. The predicted octanol–water partition coefficient (Wildman–Crippen LogP) is 3.63. The van der Waals surface area contributed by atoms with Crippen LogP contribution in [0.5, 0.6) is 17.2 Å². The van der Waals surface area contributed by atoms with Gasteiger partial charge in [-0.05, 0) is 42.3 Å². The van der Waals surface area contributed by atoms with Gasteiger partial charge < -0.3 is 19.9 Å². The summed E-state index contributed by atoms with van der Waals surface area (Å²) in [4.78, 5) is 13.0. The van der Waals surface area contributed by atoms with E-state index in [2.05, 4.69) is 16.9 Å². The SMILES string of the molecule is CCCOc1ccc2c(c1)[C@]1(COC(N)=N1)c1cc(-c3cncnc3)ccc1O2. The molecule has 5 rings (SSSR count). The van der Waals surface area contributed by atoms with Crippen LogP contribution in [-0.4, -0.2) is 29.2 Å². The van der Waals surface area contributed by atoms with E-state index in [0.29, 0.717) is 13.2 Å². The Bertz CT molecular complexity index is 1100. The van der Waals surface area contributed by atoms with Crippen molar-refractivity contribution in [3.63, 3.8) is 0 Å². The number of hydrogen-bond acceptors (Lipinski definition) is 7. The molecule has 1 atom stereocenters. The van der Waals surface area contributed by atoms with Crippen LogP contribution in [0, 0.1) is 0 Å². The van der Waals surface area contributed by atoms with Crippen LogP contribution in [0.1, 0.15) is 24.5 Å². The van der Waals surface area contributed by atoms with Gasteiger partial charge in [-0.25, -0.2) is 15.0 Å². The summed E-state index contributed by atoms with van der Waals surface area (Å²) in [5.74, 6) is 2.21. The molecule has 0 unspecified atom stereocenters. The highest BCUT2D eigenvalue weighted by Gasteiger charge is 2.47. The smallest absolute Gasteiger partial charge is 0.283 e. The molecule has 2 aliphatic heterocycles. The summed E-state index contributed by atoms with van der Waals surface area (Å²) >= 11 is 0. The molecule has 0 saturated carbocycles. The third-order valence-electron chi connectivity index (χ3n) is 5.14. The molecule has 29 heavy (non-hydrogen) atoms. The summed E-state index contributed by atoms with van der Waals surface area (Å²) in [6, 6.07) is 11.9. The Morgan fingerprint density at radius 3 is 2.52 bits per heavy atom. The van der Waals surface area contributed by atoms with Crippen LogP contribution in [0.15, 0.2) is 60.1 Å². The minimum Gasteiger partial charge on any atom is -0.494 e. The highest BCUT2D eigenvalue weighted by molar-refractivity contribution is 5.78. The number of rotatable bonds is 4. The summed E-state index contributed by atoms with van der Waals surface area (Å²) in [5.41, 5.74) is 8.81. The third kappa shape index (κ3) is 2.86. The van der Waals surface area contributed by atoms with Crippen molar-refractivity contribution in [2.45, 2.75) is 18.9 Å². The lowest BCUT2D eigenvalue weighted by Crippen LogP contribution is -2.31. The number of benzene rings is 2. The topological polar surface area (TPSA) is 91.9 Å². The quantitative estimate of drug-likeness (QED) is 0.734. The van der Waals surface area contributed by atoms with Gasteiger partial charge in [0.25, 0.3) is 6.02 Å². The fourth-order valence-corrected chi connectivity index (χ4v) is 3.77. The lowest BCUT2D eigenvalue weighted by atomic mass is 9.80. The van der Waals surface area contributed by atoms with Gasteiger partial charge in [-0.2, -0.15) is 0 Å². The molecule has 3 aromatic rings. The first-order chi connectivity index (χ1) is 14.2. The van der Waals surface area contributed by atoms with Crippen molar-refractivity contribution in [3.8, 4) is 28.4 Å². The summed E-state index contributed by atoms with van der Waals surface area (Å²) in [6.45, 7) is 3.02. The maximum absolute atomic E-state index is 6.20. The maximum atomic E-state index is 6.20. The molecule has 0 bridgehead atoms. The molecule has 0 aliphatic carbocycles. The zero-order valence-electron chi connectivity index (χ0n) is 16.0. The van der Waals surface area contributed by atoms with Gasteiger partial charge in [0.15, 0.2) is 5.54 Å². The number of amidine groups is 1. The van der Waals surface area contributed by atoms with Crippen molar-refractivity contribution in [2.75, 3.05) is 13.2 Å². The van der Waals surface area contributed by atoms with Gasteiger partial charge in [0.05, 0.1) is 6.61 Å². The molecule has 0 saturated heterocycles. The van der Waals surface area contributed by atoms with Crippen molar-refractivity contribution in [3.05, 3.63) is 66.2 Å². The van der Waals surface area contributed by atoms with Crippen LogP contribution in [0.3, 0.4) is 0 Å². The van der Waals surface area contributed by atoms with Crippen LogP contribution >= 0.6 is 0 Å². The summed E-state index contributed by atoms with van der Waals surface area (Å²) in [5, 5.41) is 0. The minimum absolute atomic E-state index is 0.164. The third-order valence-corrected chi connectivity index (χ3v) is 5.14. The Kier molecular flexibility index (Phi) is 4.08. The normalized spacial score (nSPS) is 19.0. The van der Waals surface area contributed by atoms with Crippen molar-refractivity contribution in [2.24, 2.45) is 10.7 Å². The summed E-state index contributed by atoms with van der Waals surface area (Å²) in [7, 11) is 0. The second-order valence-electron chi connectivity index (χ2n) is 7.05. The first-order valence-electron chi connectivity index (χ1n) is 9.53. The number of hydrogen-bond donors (Lipinski definition) is 1. The molecule has 7 nitrogen and oxygen atoms in total. The molecule has 3 heterocycles. The van der Waals surface area contributed by atoms with Gasteiger partial charge in [0.2, 0.25) is 0 Å². The second kappa shape index (κ2) is 6.77. The first-order valence-corrected chi connectivity index (χ1v) is 9.53. The van der Waals surface area contributed by atoms with Gasteiger partial charge >= 0.3 is 0 Å².